The second kappa shape index (κ2) is 5.28. The molecule has 1 saturated heterocycles. The van der Waals surface area contributed by atoms with Crippen LogP contribution in [0.15, 0.2) is 18.2 Å². The minimum absolute atomic E-state index is 0.553. The predicted molar refractivity (Wildman–Crippen MR) is 74.5 cm³/mol. The molecule has 2 rings (SSSR count). The van der Waals surface area contributed by atoms with Gasteiger partial charge in [-0.1, -0.05) is 25.4 Å². The van der Waals surface area contributed by atoms with Crippen LogP contribution in [0.25, 0.3) is 0 Å². The topological polar surface area (TPSA) is 29.3 Å². The minimum atomic E-state index is 0.553. The molecule has 0 bridgehead atoms. The van der Waals surface area contributed by atoms with Crippen LogP contribution in [0.1, 0.15) is 32.3 Å². The van der Waals surface area contributed by atoms with Crippen molar-refractivity contribution in [2.24, 2.45) is 11.7 Å². The van der Waals surface area contributed by atoms with Gasteiger partial charge in [-0.3, -0.25) is 0 Å². The van der Waals surface area contributed by atoms with Gasteiger partial charge < -0.3 is 10.6 Å². The minimum Gasteiger partial charge on any atom is -0.368 e. The first-order valence-corrected chi connectivity index (χ1v) is 6.76. The lowest BCUT2D eigenvalue weighted by atomic mass is 10.0. The van der Waals surface area contributed by atoms with Gasteiger partial charge in [-0.05, 0) is 42.5 Å². The van der Waals surface area contributed by atoms with E-state index in [2.05, 4.69) is 24.8 Å². The fourth-order valence-electron chi connectivity index (χ4n) is 2.78. The van der Waals surface area contributed by atoms with E-state index < -0.39 is 0 Å². The Balaban J connectivity index is 2.32. The maximum atomic E-state index is 6.03. The van der Waals surface area contributed by atoms with Gasteiger partial charge in [0.2, 0.25) is 0 Å². The zero-order valence-electron chi connectivity index (χ0n) is 10.6. The molecule has 1 unspecified atom stereocenters. The number of halogens is 1. The summed E-state index contributed by atoms with van der Waals surface area (Å²) in [5.41, 5.74) is 8.25. The van der Waals surface area contributed by atoms with Crippen molar-refractivity contribution in [3.8, 4) is 0 Å². The summed E-state index contributed by atoms with van der Waals surface area (Å²) < 4.78 is 0. The lowest BCUT2D eigenvalue weighted by Gasteiger charge is -2.31. The summed E-state index contributed by atoms with van der Waals surface area (Å²) in [5.74, 6) is 0.679. The first-order valence-electron chi connectivity index (χ1n) is 6.38. The van der Waals surface area contributed by atoms with Gasteiger partial charge in [0.25, 0.3) is 0 Å². The van der Waals surface area contributed by atoms with Crippen LogP contribution in [0, 0.1) is 5.92 Å². The molecule has 1 heterocycles. The highest BCUT2D eigenvalue weighted by atomic mass is 35.5. The molecule has 0 spiro atoms. The Labute approximate surface area is 109 Å². The van der Waals surface area contributed by atoms with Gasteiger partial charge in [0.05, 0.1) is 0 Å². The van der Waals surface area contributed by atoms with Crippen LogP contribution in [-0.2, 0) is 6.54 Å². The van der Waals surface area contributed by atoms with Gasteiger partial charge in [-0.2, -0.15) is 0 Å². The van der Waals surface area contributed by atoms with Crippen molar-refractivity contribution in [1.29, 1.82) is 0 Å². The monoisotopic (exact) mass is 252 g/mol. The Morgan fingerprint density at radius 2 is 2.24 bits per heavy atom. The molecule has 0 aliphatic carbocycles. The van der Waals surface area contributed by atoms with Crippen LogP contribution < -0.4 is 10.6 Å². The van der Waals surface area contributed by atoms with Gasteiger partial charge in [0.1, 0.15) is 0 Å². The molecule has 1 aromatic carbocycles. The molecule has 3 heteroatoms. The summed E-state index contributed by atoms with van der Waals surface area (Å²) in [6.07, 6.45) is 2.56. The van der Waals surface area contributed by atoms with E-state index in [1.165, 1.54) is 18.5 Å². The Morgan fingerprint density at radius 1 is 1.47 bits per heavy atom. The average molecular weight is 253 g/mol. The molecular formula is C14H21ClN2. The summed E-state index contributed by atoms with van der Waals surface area (Å²) in [4.78, 5) is 2.50. The number of nitrogens with zero attached hydrogens (tertiary/aromatic N) is 1. The van der Waals surface area contributed by atoms with E-state index in [-0.39, 0.29) is 0 Å². The molecule has 1 fully saturated rings. The highest BCUT2D eigenvalue weighted by Crippen LogP contribution is 2.33. The van der Waals surface area contributed by atoms with E-state index in [1.807, 2.05) is 12.1 Å². The number of anilines is 1. The van der Waals surface area contributed by atoms with Crippen LogP contribution in [0.4, 0.5) is 5.69 Å². The third-order valence-corrected chi connectivity index (χ3v) is 3.87. The SMILES string of the molecule is CC(C)C1CCCN1c1ccc(Cl)cc1CN. The quantitative estimate of drug-likeness (QED) is 0.893. The fraction of sp³-hybridized carbons (Fsp3) is 0.571. The number of hydrogen-bond acceptors (Lipinski definition) is 2. The van der Waals surface area contributed by atoms with Gasteiger partial charge in [-0.25, -0.2) is 0 Å². The second-order valence-electron chi connectivity index (χ2n) is 5.12. The van der Waals surface area contributed by atoms with Gasteiger partial charge in [0, 0.05) is 29.8 Å². The Hall–Kier alpha value is -0.730. The van der Waals surface area contributed by atoms with Crippen molar-refractivity contribution in [2.45, 2.75) is 39.3 Å². The number of nitrogens with two attached hydrogens (primary N) is 1. The van der Waals surface area contributed by atoms with E-state index >= 15 is 0 Å². The maximum Gasteiger partial charge on any atom is 0.0415 e. The number of rotatable bonds is 3. The molecule has 1 atom stereocenters. The third-order valence-electron chi connectivity index (χ3n) is 3.64. The summed E-state index contributed by atoms with van der Waals surface area (Å²) in [6.45, 7) is 6.27. The van der Waals surface area contributed by atoms with Gasteiger partial charge >= 0.3 is 0 Å². The first-order chi connectivity index (χ1) is 8.13. The largest absolute Gasteiger partial charge is 0.368 e. The fourth-order valence-corrected chi connectivity index (χ4v) is 2.98. The summed E-state index contributed by atoms with van der Waals surface area (Å²) in [5, 5.41) is 0.773. The van der Waals surface area contributed by atoms with Crippen molar-refractivity contribution in [3.63, 3.8) is 0 Å². The lowest BCUT2D eigenvalue weighted by molar-refractivity contribution is 0.491. The highest BCUT2D eigenvalue weighted by molar-refractivity contribution is 6.30. The Morgan fingerprint density at radius 3 is 2.88 bits per heavy atom. The molecule has 1 aliphatic heterocycles. The van der Waals surface area contributed by atoms with E-state index in [0.717, 1.165) is 17.1 Å². The lowest BCUT2D eigenvalue weighted by Crippen LogP contribution is -2.34. The molecule has 1 aromatic rings. The van der Waals surface area contributed by atoms with Crippen molar-refractivity contribution < 1.29 is 0 Å². The standard InChI is InChI=1S/C14H21ClN2/c1-10(2)13-4-3-7-17(13)14-6-5-12(15)8-11(14)9-16/h5-6,8,10,13H,3-4,7,9,16H2,1-2H3. The summed E-state index contributed by atoms with van der Waals surface area (Å²) >= 11 is 6.03. The molecule has 0 aromatic heterocycles. The van der Waals surface area contributed by atoms with Crippen LogP contribution in [0.3, 0.4) is 0 Å². The van der Waals surface area contributed by atoms with Crippen molar-refractivity contribution >= 4 is 17.3 Å². The zero-order chi connectivity index (χ0) is 12.4. The average Bonchev–Trinajstić information content (AvgIpc) is 2.77. The van der Waals surface area contributed by atoms with Crippen LogP contribution in [-0.4, -0.2) is 12.6 Å². The highest BCUT2D eigenvalue weighted by Gasteiger charge is 2.28. The molecule has 94 valence electrons. The number of hydrogen-bond donors (Lipinski definition) is 1. The first kappa shape index (κ1) is 12.7. The summed E-state index contributed by atoms with van der Waals surface area (Å²) in [7, 11) is 0. The molecule has 0 amide bonds. The smallest absolute Gasteiger partial charge is 0.0415 e. The van der Waals surface area contributed by atoms with Gasteiger partial charge in [-0.15, -0.1) is 0 Å². The Kier molecular flexibility index (Phi) is 3.95. The number of benzene rings is 1. The van der Waals surface area contributed by atoms with E-state index in [9.17, 15) is 0 Å². The van der Waals surface area contributed by atoms with Crippen molar-refractivity contribution in [2.75, 3.05) is 11.4 Å². The molecule has 0 radical (unpaired) electrons. The zero-order valence-corrected chi connectivity index (χ0v) is 11.4. The molecule has 2 N–H and O–H groups in total. The van der Waals surface area contributed by atoms with Crippen LogP contribution in [0.5, 0.6) is 0 Å². The van der Waals surface area contributed by atoms with E-state index in [4.69, 9.17) is 17.3 Å². The third kappa shape index (κ3) is 2.58. The summed E-state index contributed by atoms with van der Waals surface area (Å²) in [6, 6.07) is 6.71. The van der Waals surface area contributed by atoms with Crippen molar-refractivity contribution in [1.82, 2.24) is 0 Å². The molecule has 17 heavy (non-hydrogen) atoms. The second-order valence-corrected chi connectivity index (χ2v) is 5.56. The van der Waals surface area contributed by atoms with E-state index in [0.29, 0.717) is 18.5 Å². The molecule has 1 aliphatic rings. The predicted octanol–water partition coefficient (Wildman–Crippen LogP) is 3.42. The normalized spacial score (nSPS) is 20.3. The van der Waals surface area contributed by atoms with E-state index in [1.54, 1.807) is 0 Å². The maximum absolute atomic E-state index is 6.03. The molecular weight excluding hydrogens is 232 g/mol. The van der Waals surface area contributed by atoms with Crippen molar-refractivity contribution in [3.05, 3.63) is 28.8 Å². The van der Waals surface area contributed by atoms with Gasteiger partial charge in [0.15, 0.2) is 0 Å². The molecule has 0 saturated carbocycles. The van der Waals surface area contributed by atoms with Crippen LogP contribution in [0.2, 0.25) is 5.02 Å². The Bertz CT molecular complexity index is 390. The van der Waals surface area contributed by atoms with Crippen LogP contribution >= 0.6 is 11.6 Å². The molecule has 2 nitrogen and oxygen atoms in total.